The van der Waals surface area contributed by atoms with Gasteiger partial charge in [-0.1, -0.05) is 6.07 Å². The summed E-state index contributed by atoms with van der Waals surface area (Å²) in [6, 6.07) is 5.83. The summed E-state index contributed by atoms with van der Waals surface area (Å²) < 4.78 is 0. The van der Waals surface area contributed by atoms with Crippen LogP contribution >= 0.6 is 0 Å². The van der Waals surface area contributed by atoms with Gasteiger partial charge in [-0.25, -0.2) is 0 Å². The lowest BCUT2D eigenvalue weighted by molar-refractivity contribution is 0.144. The molecule has 0 radical (unpaired) electrons. The zero-order valence-electron chi connectivity index (χ0n) is 9.09. The van der Waals surface area contributed by atoms with Crippen LogP contribution in [-0.2, 0) is 0 Å². The fraction of sp³-hybridized carbons (Fsp3) is 0.500. The van der Waals surface area contributed by atoms with E-state index in [1.54, 1.807) is 0 Å². The molecule has 0 unspecified atom stereocenters. The molecule has 1 aliphatic rings. The van der Waals surface area contributed by atoms with E-state index in [9.17, 15) is 5.11 Å². The van der Waals surface area contributed by atoms with Crippen molar-refractivity contribution in [2.24, 2.45) is 0 Å². The first-order valence-electron chi connectivity index (χ1n) is 5.40. The highest BCUT2D eigenvalue weighted by atomic mass is 16.3. The Bertz CT molecular complexity index is 353. The molecule has 3 nitrogen and oxygen atoms in total. The van der Waals surface area contributed by atoms with Crippen molar-refractivity contribution < 1.29 is 5.11 Å². The smallest absolute Gasteiger partial charge is 0.0661 e. The maximum absolute atomic E-state index is 9.36. The summed E-state index contributed by atoms with van der Waals surface area (Å²) in [4.78, 5) is 0. The van der Waals surface area contributed by atoms with Gasteiger partial charge in [0, 0.05) is 11.4 Å². The van der Waals surface area contributed by atoms with Crippen LogP contribution in [0.5, 0.6) is 0 Å². The van der Waals surface area contributed by atoms with E-state index in [4.69, 9.17) is 5.73 Å². The number of anilines is 2. The standard InChI is InChI=1S/C12H18N2O/c1-9-3-4-10(13)7-11(9)14-12(8-15)5-2-6-12/h3-4,7,14-15H,2,5-6,8,13H2,1H3. The minimum absolute atomic E-state index is 0.0987. The Balaban J connectivity index is 2.19. The van der Waals surface area contributed by atoms with Crippen LogP contribution in [0.25, 0.3) is 0 Å². The first kappa shape index (κ1) is 10.3. The molecule has 0 saturated heterocycles. The molecule has 3 heteroatoms. The molecular weight excluding hydrogens is 188 g/mol. The van der Waals surface area contributed by atoms with E-state index < -0.39 is 0 Å². The van der Waals surface area contributed by atoms with Gasteiger partial charge in [0.2, 0.25) is 0 Å². The number of hydrogen-bond acceptors (Lipinski definition) is 3. The SMILES string of the molecule is Cc1ccc(N)cc1NC1(CO)CCC1. The fourth-order valence-corrected chi connectivity index (χ4v) is 1.99. The minimum atomic E-state index is -0.0987. The average Bonchev–Trinajstić information content (AvgIpc) is 2.17. The number of benzene rings is 1. The number of rotatable bonds is 3. The molecule has 1 aromatic rings. The van der Waals surface area contributed by atoms with Gasteiger partial charge in [0.05, 0.1) is 12.1 Å². The molecule has 0 heterocycles. The van der Waals surface area contributed by atoms with Crippen molar-refractivity contribution in [3.05, 3.63) is 23.8 Å². The summed E-state index contributed by atoms with van der Waals surface area (Å²) in [5.41, 5.74) is 8.62. The van der Waals surface area contributed by atoms with Crippen LogP contribution in [0.3, 0.4) is 0 Å². The largest absolute Gasteiger partial charge is 0.399 e. The minimum Gasteiger partial charge on any atom is -0.399 e. The van der Waals surface area contributed by atoms with E-state index in [-0.39, 0.29) is 12.1 Å². The van der Waals surface area contributed by atoms with E-state index in [0.717, 1.165) is 24.2 Å². The lowest BCUT2D eigenvalue weighted by Crippen LogP contribution is -2.48. The van der Waals surface area contributed by atoms with Crippen LogP contribution in [-0.4, -0.2) is 17.3 Å². The van der Waals surface area contributed by atoms with Crippen LogP contribution in [0.2, 0.25) is 0 Å². The van der Waals surface area contributed by atoms with Crippen molar-refractivity contribution in [1.29, 1.82) is 0 Å². The Morgan fingerprint density at radius 3 is 2.73 bits per heavy atom. The van der Waals surface area contributed by atoms with Crippen molar-refractivity contribution in [3.63, 3.8) is 0 Å². The summed E-state index contributed by atoms with van der Waals surface area (Å²) in [6.07, 6.45) is 3.27. The van der Waals surface area contributed by atoms with Crippen LogP contribution in [0, 0.1) is 6.92 Å². The normalized spacial score (nSPS) is 18.3. The molecule has 0 aliphatic heterocycles. The van der Waals surface area contributed by atoms with Gasteiger partial charge in [-0.15, -0.1) is 0 Å². The van der Waals surface area contributed by atoms with E-state index >= 15 is 0 Å². The predicted molar refractivity (Wildman–Crippen MR) is 62.9 cm³/mol. The lowest BCUT2D eigenvalue weighted by atomic mass is 9.77. The quantitative estimate of drug-likeness (QED) is 0.662. The first-order valence-corrected chi connectivity index (χ1v) is 5.40. The third-order valence-corrected chi connectivity index (χ3v) is 3.27. The van der Waals surface area contributed by atoms with Crippen molar-refractivity contribution in [1.82, 2.24) is 0 Å². The molecule has 0 aromatic heterocycles. The van der Waals surface area contributed by atoms with Crippen LogP contribution < -0.4 is 11.1 Å². The third kappa shape index (κ3) is 1.92. The van der Waals surface area contributed by atoms with Gasteiger partial charge in [-0.2, -0.15) is 0 Å². The van der Waals surface area contributed by atoms with Crippen LogP contribution in [0.4, 0.5) is 11.4 Å². The number of nitrogen functional groups attached to an aromatic ring is 1. The third-order valence-electron chi connectivity index (χ3n) is 3.27. The van der Waals surface area contributed by atoms with Crippen LogP contribution in [0.15, 0.2) is 18.2 Å². The molecule has 82 valence electrons. The van der Waals surface area contributed by atoms with Crippen molar-refractivity contribution in [2.45, 2.75) is 31.7 Å². The second-order valence-electron chi connectivity index (χ2n) is 4.49. The Morgan fingerprint density at radius 2 is 2.20 bits per heavy atom. The molecule has 0 amide bonds. The number of nitrogens with two attached hydrogens (primary N) is 1. The topological polar surface area (TPSA) is 58.3 Å². The summed E-state index contributed by atoms with van der Waals surface area (Å²) in [5.74, 6) is 0. The Morgan fingerprint density at radius 1 is 1.47 bits per heavy atom. The summed E-state index contributed by atoms with van der Waals surface area (Å²) in [5, 5.41) is 12.8. The molecule has 2 rings (SSSR count). The van der Waals surface area contributed by atoms with Gasteiger partial charge in [0.25, 0.3) is 0 Å². The van der Waals surface area contributed by atoms with Gasteiger partial charge in [-0.05, 0) is 43.9 Å². The molecule has 1 aliphatic carbocycles. The predicted octanol–water partition coefficient (Wildman–Crippen LogP) is 1.90. The van der Waals surface area contributed by atoms with Crippen molar-refractivity contribution >= 4 is 11.4 Å². The zero-order valence-corrected chi connectivity index (χ0v) is 9.09. The Labute approximate surface area is 90.3 Å². The molecule has 4 N–H and O–H groups in total. The number of nitrogens with one attached hydrogen (secondary N) is 1. The van der Waals surface area contributed by atoms with Gasteiger partial charge >= 0.3 is 0 Å². The van der Waals surface area contributed by atoms with Gasteiger partial charge in [-0.3, -0.25) is 0 Å². The van der Waals surface area contributed by atoms with E-state index in [0.29, 0.717) is 0 Å². The van der Waals surface area contributed by atoms with Crippen molar-refractivity contribution in [3.8, 4) is 0 Å². The molecular formula is C12H18N2O. The summed E-state index contributed by atoms with van der Waals surface area (Å²) in [6.45, 7) is 2.24. The van der Waals surface area contributed by atoms with E-state index in [1.807, 2.05) is 25.1 Å². The highest BCUT2D eigenvalue weighted by molar-refractivity contribution is 5.60. The molecule has 15 heavy (non-hydrogen) atoms. The highest BCUT2D eigenvalue weighted by Gasteiger charge is 2.36. The number of aliphatic hydroxyl groups is 1. The first-order chi connectivity index (χ1) is 7.15. The molecule has 1 saturated carbocycles. The number of aryl methyl sites for hydroxylation is 1. The fourth-order valence-electron chi connectivity index (χ4n) is 1.99. The summed E-state index contributed by atoms with van der Waals surface area (Å²) >= 11 is 0. The Kier molecular flexibility index (Phi) is 2.57. The van der Waals surface area contributed by atoms with Gasteiger partial charge in [0.15, 0.2) is 0 Å². The van der Waals surface area contributed by atoms with Gasteiger partial charge in [0.1, 0.15) is 0 Å². The van der Waals surface area contributed by atoms with Crippen molar-refractivity contribution in [2.75, 3.05) is 17.7 Å². The number of aliphatic hydroxyl groups excluding tert-OH is 1. The maximum Gasteiger partial charge on any atom is 0.0661 e. The molecule has 0 spiro atoms. The van der Waals surface area contributed by atoms with E-state index in [1.165, 1.54) is 12.0 Å². The second kappa shape index (κ2) is 3.74. The second-order valence-corrected chi connectivity index (χ2v) is 4.49. The molecule has 1 fully saturated rings. The molecule has 0 bridgehead atoms. The maximum atomic E-state index is 9.36. The van der Waals surface area contributed by atoms with Crippen LogP contribution in [0.1, 0.15) is 24.8 Å². The Hall–Kier alpha value is -1.22. The number of hydrogen-bond donors (Lipinski definition) is 3. The molecule has 1 aromatic carbocycles. The van der Waals surface area contributed by atoms with E-state index in [2.05, 4.69) is 5.32 Å². The monoisotopic (exact) mass is 206 g/mol. The zero-order chi connectivity index (χ0) is 10.9. The average molecular weight is 206 g/mol. The highest BCUT2D eigenvalue weighted by Crippen LogP contribution is 2.36. The summed E-state index contributed by atoms with van der Waals surface area (Å²) in [7, 11) is 0. The lowest BCUT2D eigenvalue weighted by Gasteiger charge is -2.42. The van der Waals surface area contributed by atoms with Gasteiger partial charge < -0.3 is 16.2 Å². The molecule has 0 atom stereocenters.